The molecule has 0 saturated heterocycles. The van der Waals surface area contributed by atoms with Crippen LogP contribution in [-0.2, 0) is 4.79 Å². The van der Waals surface area contributed by atoms with Crippen LogP contribution < -0.4 is 14.8 Å². The molecule has 0 atom stereocenters. The first-order valence-corrected chi connectivity index (χ1v) is 8.21. The standard InChI is InChI=1S/C19H20N2O4/c1-2-21-10-11-24-17-9-8-14(12-16(17)19(21)23)20-18(22)13-25-15-6-4-3-5-7-15/h3-9,12H,2,10-11,13H2,1H3,(H,20,22). The van der Waals surface area contributed by atoms with Gasteiger partial charge in [-0.25, -0.2) is 0 Å². The summed E-state index contributed by atoms with van der Waals surface area (Å²) in [5.74, 6) is 0.783. The van der Waals surface area contributed by atoms with Gasteiger partial charge in [-0.1, -0.05) is 18.2 Å². The zero-order chi connectivity index (χ0) is 17.6. The Kier molecular flexibility index (Phi) is 5.18. The lowest BCUT2D eigenvalue weighted by molar-refractivity contribution is -0.118. The van der Waals surface area contributed by atoms with Gasteiger partial charge in [-0.2, -0.15) is 0 Å². The number of carbonyl (C=O) groups excluding carboxylic acids is 2. The first-order chi connectivity index (χ1) is 12.2. The van der Waals surface area contributed by atoms with Crippen molar-refractivity contribution < 1.29 is 19.1 Å². The number of likely N-dealkylation sites (N-methyl/N-ethyl adjacent to an activating group) is 1. The van der Waals surface area contributed by atoms with E-state index in [1.807, 2.05) is 25.1 Å². The molecule has 0 spiro atoms. The monoisotopic (exact) mass is 340 g/mol. The van der Waals surface area contributed by atoms with Gasteiger partial charge in [0.25, 0.3) is 11.8 Å². The van der Waals surface area contributed by atoms with E-state index in [4.69, 9.17) is 9.47 Å². The Morgan fingerprint density at radius 2 is 2.04 bits per heavy atom. The minimum absolute atomic E-state index is 0.0911. The highest BCUT2D eigenvalue weighted by molar-refractivity contribution is 6.00. The van der Waals surface area contributed by atoms with Crippen LogP contribution in [-0.4, -0.2) is 43.0 Å². The second kappa shape index (κ2) is 7.70. The van der Waals surface area contributed by atoms with E-state index in [1.165, 1.54) is 0 Å². The summed E-state index contributed by atoms with van der Waals surface area (Å²) in [4.78, 5) is 26.3. The molecule has 2 aromatic carbocycles. The predicted molar refractivity (Wildman–Crippen MR) is 94.1 cm³/mol. The molecule has 0 aromatic heterocycles. The van der Waals surface area contributed by atoms with Crippen LogP contribution in [0.4, 0.5) is 5.69 Å². The average Bonchev–Trinajstić information content (AvgIpc) is 2.80. The molecule has 1 N–H and O–H groups in total. The third-order valence-electron chi connectivity index (χ3n) is 3.89. The highest BCUT2D eigenvalue weighted by Gasteiger charge is 2.23. The van der Waals surface area contributed by atoms with Crippen LogP contribution in [0, 0.1) is 0 Å². The smallest absolute Gasteiger partial charge is 0.262 e. The third-order valence-corrected chi connectivity index (χ3v) is 3.89. The van der Waals surface area contributed by atoms with Crippen molar-refractivity contribution in [2.24, 2.45) is 0 Å². The van der Waals surface area contributed by atoms with E-state index in [1.54, 1.807) is 35.2 Å². The highest BCUT2D eigenvalue weighted by Crippen LogP contribution is 2.26. The van der Waals surface area contributed by atoms with Gasteiger partial charge in [0.05, 0.1) is 12.1 Å². The number of rotatable bonds is 5. The molecule has 6 nitrogen and oxygen atoms in total. The predicted octanol–water partition coefficient (Wildman–Crippen LogP) is 2.56. The summed E-state index contributed by atoms with van der Waals surface area (Å²) in [7, 11) is 0. The summed E-state index contributed by atoms with van der Waals surface area (Å²) in [6, 6.07) is 14.2. The van der Waals surface area contributed by atoms with Crippen LogP contribution in [0.15, 0.2) is 48.5 Å². The Balaban J connectivity index is 1.67. The Bertz CT molecular complexity index is 761. The maximum Gasteiger partial charge on any atom is 0.262 e. The molecule has 2 aromatic rings. The van der Waals surface area contributed by atoms with Crippen LogP contribution in [0.1, 0.15) is 17.3 Å². The number of anilines is 1. The quantitative estimate of drug-likeness (QED) is 0.908. The van der Waals surface area contributed by atoms with Crippen molar-refractivity contribution in [1.82, 2.24) is 4.90 Å². The Morgan fingerprint density at radius 1 is 1.24 bits per heavy atom. The fourth-order valence-corrected chi connectivity index (χ4v) is 2.60. The molecule has 3 rings (SSSR count). The minimum Gasteiger partial charge on any atom is -0.491 e. The molecule has 0 radical (unpaired) electrons. The van der Waals surface area contributed by atoms with Gasteiger partial charge in [0, 0.05) is 12.2 Å². The van der Waals surface area contributed by atoms with Crippen LogP contribution in [0.5, 0.6) is 11.5 Å². The third kappa shape index (κ3) is 4.09. The van der Waals surface area contributed by atoms with Crippen molar-refractivity contribution in [3.63, 3.8) is 0 Å². The number of ether oxygens (including phenoxy) is 2. The molecular formula is C19H20N2O4. The Morgan fingerprint density at radius 3 is 2.80 bits per heavy atom. The van der Waals surface area contributed by atoms with Crippen LogP contribution in [0.2, 0.25) is 0 Å². The van der Waals surface area contributed by atoms with E-state index < -0.39 is 0 Å². The summed E-state index contributed by atoms with van der Waals surface area (Å²) in [5.41, 5.74) is 0.997. The summed E-state index contributed by atoms with van der Waals surface area (Å²) in [6.07, 6.45) is 0. The van der Waals surface area contributed by atoms with Gasteiger partial charge in [0.15, 0.2) is 6.61 Å². The molecule has 0 fully saturated rings. The van der Waals surface area contributed by atoms with Crippen molar-refractivity contribution in [3.8, 4) is 11.5 Å². The molecule has 130 valence electrons. The first-order valence-electron chi connectivity index (χ1n) is 8.21. The number of amides is 2. The number of nitrogens with one attached hydrogen (secondary N) is 1. The topological polar surface area (TPSA) is 67.9 Å². The SMILES string of the molecule is CCN1CCOc2ccc(NC(=O)COc3ccccc3)cc2C1=O. The molecule has 1 aliphatic heterocycles. The van der Waals surface area contributed by atoms with Crippen LogP contribution in [0.25, 0.3) is 0 Å². The minimum atomic E-state index is -0.293. The van der Waals surface area contributed by atoms with Crippen molar-refractivity contribution in [1.29, 1.82) is 0 Å². The van der Waals surface area contributed by atoms with Gasteiger partial charge in [-0.15, -0.1) is 0 Å². The maximum atomic E-state index is 12.5. The number of nitrogens with zero attached hydrogens (tertiary/aromatic N) is 1. The largest absolute Gasteiger partial charge is 0.491 e. The Hall–Kier alpha value is -3.02. The van der Waals surface area contributed by atoms with E-state index >= 15 is 0 Å². The van der Waals surface area contributed by atoms with E-state index in [0.29, 0.717) is 42.4 Å². The number of fused-ring (bicyclic) bond motifs is 1. The zero-order valence-electron chi connectivity index (χ0n) is 14.0. The molecule has 25 heavy (non-hydrogen) atoms. The highest BCUT2D eigenvalue weighted by atomic mass is 16.5. The second-order valence-corrected chi connectivity index (χ2v) is 5.59. The van der Waals surface area contributed by atoms with E-state index in [-0.39, 0.29) is 18.4 Å². The van der Waals surface area contributed by atoms with Crippen LogP contribution in [0.3, 0.4) is 0 Å². The molecular weight excluding hydrogens is 320 g/mol. The summed E-state index contributed by atoms with van der Waals surface area (Å²) in [6.45, 7) is 3.45. The lowest BCUT2D eigenvalue weighted by Gasteiger charge is -2.17. The zero-order valence-corrected chi connectivity index (χ0v) is 14.0. The second-order valence-electron chi connectivity index (χ2n) is 5.59. The lowest BCUT2D eigenvalue weighted by Crippen LogP contribution is -2.32. The summed E-state index contributed by atoms with van der Waals surface area (Å²) in [5, 5.41) is 2.75. The first kappa shape index (κ1) is 16.8. The van der Waals surface area contributed by atoms with Gasteiger partial charge in [-0.3, -0.25) is 9.59 Å². The molecule has 0 unspecified atom stereocenters. The molecule has 0 aliphatic carbocycles. The number of para-hydroxylation sites is 1. The van der Waals surface area contributed by atoms with Crippen molar-refractivity contribution in [3.05, 3.63) is 54.1 Å². The van der Waals surface area contributed by atoms with Crippen molar-refractivity contribution in [2.45, 2.75) is 6.92 Å². The fraction of sp³-hybridized carbons (Fsp3) is 0.263. The van der Waals surface area contributed by atoms with E-state index in [2.05, 4.69) is 5.32 Å². The number of hydrogen-bond acceptors (Lipinski definition) is 4. The molecule has 0 bridgehead atoms. The van der Waals surface area contributed by atoms with Crippen molar-refractivity contribution in [2.75, 3.05) is 31.6 Å². The Labute approximate surface area is 146 Å². The van der Waals surface area contributed by atoms with Gasteiger partial charge in [0.2, 0.25) is 0 Å². The van der Waals surface area contributed by atoms with Gasteiger partial charge >= 0.3 is 0 Å². The average molecular weight is 340 g/mol. The number of hydrogen-bond donors (Lipinski definition) is 1. The fourth-order valence-electron chi connectivity index (χ4n) is 2.60. The molecule has 0 saturated carbocycles. The number of benzene rings is 2. The summed E-state index contributed by atoms with van der Waals surface area (Å²) >= 11 is 0. The molecule has 2 amide bonds. The van der Waals surface area contributed by atoms with Crippen LogP contribution >= 0.6 is 0 Å². The number of carbonyl (C=O) groups is 2. The summed E-state index contributed by atoms with van der Waals surface area (Å²) < 4.78 is 11.0. The van der Waals surface area contributed by atoms with Gasteiger partial charge in [-0.05, 0) is 37.3 Å². The van der Waals surface area contributed by atoms with E-state index in [9.17, 15) is 9.59 Å². The van der Waals surface area contributed by atoms with E-state index in [0.717, 1.165) is 0 Å². The van der Waals surface area contributed by atoms with Crippen molar-refractivity contribution >= 4 is 17.5 Å². The normalized spacial score (nSPS) is 13.5. The maximum absolute atomic E-state index is 12.5. The van der Waals surface area contributed by atoms with Gasteiger partial charge < -0.3 is 19.7 Å². The molecule has 1 heterocycles. The van der Waals surface area contributed by atoms with Gasteiger partial charge in [0.1, 0.15) is 18.1 Å². The molecule has 1 aliphatic rings. The molecule has 6 heteroatoms. The lowest BCUT2D eigenvalue weighted by atomic mass is 10.1.